The molecule has 0 aliphatic rings. The van der Waals surface area contributed by atoms with Gasteiger partial charge in [0.05, 0.1) is 5.56 Å². The molecular formula is C19H17F2NO4S. The van der Waals surface area contributed by atoms with Crippen LogP contribution in [0.25, 0.3) is 22.4 Å². The molecule has 27 heavy (non-hydrogen) atoms. The van der Waals surface area contributed by atoms with Crippen molar-refractivity contribution in [3.8, 4) is 22.4 Å². The van der Waals surface area contributed by atoms with E-state index in [4.69, 9.17) is 4.52 Å². The van der Waals surface area contributed by atoms with Crippen molar-refractivity contribution in [2.45, 2.75) is 25.3 Å². The molecule has 0 aliphatic carbocycles. The molecule has 0 bridgehead atoms. The summed E-state index contributed by atoms with van der Waals surface area (Å²) in [5.74, 6) is -2.42. The van der Waals surface area contributed by atoms with Crippen LogP contribution in [-0.4, -0.2) is 24.9 Å². The van der Waals surface area contributed by atoms with Crippen LogP contribution in [-0.2, 0) is 16.4 Å². The van der Waals surface area contributed by atoms with E-state index in [9.17, 15) is 22.3 Å². The molecular weight excluding hydrogens is 376 g/mol. The van der Waals surface area contributed by atoms with Gasteiger partial charge < -0.3 is 9.63 Å². The van der Waals surface area contributed by atoms with Crippen LogP contribution in [0.5, 0.6) is 0 Å². The van der Waals surface area contributed by atoms with E-state index in [0.29, 0.717) is 11.3 Å². The Morgan fingerprint density at radius 1 is 1.04 bits per heavy atom. The van der Waals surface area contributed by atoms with Gasteiger partial charge in [-0.15, -0.1) is 0 Å². The lowest BCUT2D eigenvalue weighted by Crippen LogP contribution is -2.05. The second-order valence-corrected chi connectivity index (χ2v) is 8.28. The highest BCUT2D eigenvalue weighted by molar-refractivity contribution is 7.90. The Bertz CT molecular complexity index is 1110. The van der Waals surface area contributed by atoms with Crippen LogP contribution in [0.15, 0.2) is 39.8 Å². The topological polar surface area (TPSA) is 80.4 Å². The maximum atomic E-state index is 14.4. The first kappa shape index (κ1) is 19.2. The number of aromatic nitrogens is 1. The number of nitrogens with zero attached hydrogens (tertiary/aromatic N) is 1. The maximum Gasteiger partial charge on any atom is 0.181 e. The van der Waals surface area contributed by atoms with E-state index >= 15 is 0 Å². The fraction of sp³-hybridized carbons (Fsp3) is 0.211. The van der Waals surface area contributed by atoms with Gasteiger partial charge in [-0.3, -0.25) is 0 Å². The van der Waals surface area contributed by atoms with Gasteiger partial charge in [0.1, 0.15) is 28.8 Å². The number of halogens is 2. The van der Waals surface area contributed by atoms with Gasteiger partial charge in [-0.1, -0.05) is 17.3 Å². The van der Waals surface area contributed by atoms with E-state index in [2.05, 4.69) is 5.16 Å². The maximum absolute atomic E-state index is 14.4. The summed E-state index contributed by atoms with van der Waals surface area (Å²) in [7, 11) is -4.08. The van der Waals surface area contributed by atoms with Crippen molar-refractivity contribution in [3.05, 3.63) is 58.9 Å². The highest BCUT2D eigenvalue weighted by Gasteiger charge is 2.25. The molecule has 2 aromatic carbocycles. The first-order valence-electron chi connectivity index (χ1n) is 8.00. The summed E-state index contributed by atoms with van der Waals surface area (Å²) < 4.78 is 57.0. The van der Waals surface area contributed by atoms with Gasteiger partial charge in [-0.05, 0) is 48.7 Å². The lowest BCUT2D eigenvalue weighted by molar-refractivity contribution is 0.230. The van der Waals surface area contributed by atoms with E-state index in [1.165, 1.54) is 0 Å². The average Bonchev–Trinajstić information content (AvgIpc) is 2.99. The van der Waals surface area contributed by atoms with Crippen molar-refractivity contribution in [2.24, 2.45) is 0 Å². The summed E-state index contributed by atoms with van der Waals surface area (Å²) in [6.45, 7) is 3.31. The third-order valence-corrected chi connectivity index (χ3v) is 5.48. The van der Waals surface area contributed by atoms with E-state index in [0.717, 1.165) is 29.5 Å². The van der Waals surface area contributed by atoms with Gasteiger partial charge >= 0.3 is 0 Å². The number of sulfone groups is 1. The zero-order valence-electron chi connectivity index (χ0n) is 14.9. The minimum Gasteiger partial charge on any atom is -0.388 e. The molecule has 0 aliphatic heterocycles. The Labute approximate surface area is 155 Å². The summed E-state index contributed by atoms with van der Waals surface area (Å²) in [5.41, 5.74) is 3.21. The summed E-state index contributed by atoms with van der Waals surface area (Å²) in [6.07, 6.45) is 0.729. The van der Waals surface area contributed by atoms with E-state index in [-0.39, 0.29) is 16.9 Å². The van der Waals surface area contributed by atoms with Crippen molar-refractivity contribution >= 4 is 9.84 Å². The third kappa shape index (κ3) is 3.50. The number of benzene rings is 2. The summed E-state index contributed by atoms with van der Waals surface area (Å²) in [4.78, 5) is -0.999. The van der Waals surface area contributed by atoms with Crippen molar-refractivity contribution < 1.29 is 26.8 Å². The van der Waals surface area contributed by atoms with Gasteiger partial charge in [0.15, 0.2) is 15.6 Å². The molecule has 0 radical (unpaired) electrons. The smallest absolute Gasteiger partial charge is 0.181 e. The molecule has 1 N–H and O–H groups in total. The predicted molar refractivity (Wildman–Crippen MR) is 95.8 cm³/mol. The van der Waals surface area contributed by atoms with Crippen LogP contribution >= 0.6 is 0 Å². The fourth-order valence-corrected chi connectivity index (χ4v) is 3.70. The van der Waals surface area contributed by atoms with Crippen molar-refractivity contribution in [1.82, 2.24) is 5.16 Å². The van der Waals surface area contributed by atoms with Gasteiger partial charge in [0, 0.05) is 11.8 Å². The van der Waals surface area contributed by atoms with Crippen LogP contribution in [0.1, 0.15) is 16.9 Å². The van der Waals surface area contributed by atoms with Crippen LogP contribution in [0.2, 0.25) is 0 Å². The summed E-state index contributed by atoms with van der Waals surface area (Å²) in [5, 5.41) is 13.5. The lowest BCUT2D eigenvalue weighted by Gasteiger charge is -2.09. The molecule has 0 unspecified atom stereocenters. The average molecular weight is 393 g/mol. The molecule has 8 heteroatoms. The summed E-state index contributed by atoms with van der Waals surface area (Å²) in [6, 6.07) is 7.29. The Balaban J connectivity index is 2.26. The molecule has 1 aromatic heterocycles. The van der Waals surface area contributed by atoms with E-state index in [1.54, 1.807) is 6.07 Å². The molecule has 5 nitrogen and oxygen atoms in total. The molecule has 0 amide bonds. The van der Waals surface area contributed by atoms with Crippen LogP contribution < -0.4 is 0 Å². The van der Waals surface area contributed by atoms with Gasteiger partial charge in [0.2, 0.25) is 0 Å². The number of hydrogen-bond donors (Lipinski definition) is 1. The van der Waals surface area contributed by atoms with Crippen LogP contribution in [0.3, 0.4) is 0 Å². The third-order valence-electron chi connectivity index (χ3n) is 4.34. The van der Waals surface area contributed by atoms with Crippen molar-refractivity contribution in [2.75, 3.05) is 6.26 Å². The molecule has 3 rings (SSSR count). The number of aryl methyl sites for hydroxylation is 2. The zero-order chi connectivity index (χ0) is 19.9. The Kier molecular flexibility index (Phi) is 4.88. The zero-order valence-corrected chi connectivity index (χ0v) is 15.7. The number of rotatable bonds is 4. The highest BCUT2D eigenvalue weighted by atomic mass is 32.2. The van der Waals surface area contributed by atoms with Crippen LogP contribution in [0, 0.1) is 25.5 Å². The predicted octanol–water partition coefficient (Wildman–Crippen LogP) is 3.80. The highest BCUT2D eigenvalue weighted by Crippen LogP contribution is 2.37. The fourth-order valence-electron chi connectivity index (χ4n) is 2.87. The summed E-state index contributed by atoms with van der Waals surface area (Å²) >= 11 is 0. The normalized spacial score (nSPS) is 11.8. The molecule has 3 aromatic rings. The van der Waals surface area contributed by atoms with Crippen molar-refractivity contribution in [1.29, 1.82) is 0 Å². The van der Waals surface area contributed by atoms with Gasteiger partial charge in [-0.2, -0.15) is 0 Å². The largest absolute Gasteiger partial charge is 0.388 e. The quantitative estimate of drug-likeness (QED) is 0.729. The second-order valence-electron chi connectivity index (χ2n) is 6.33. The van der Waals surface area contributed by atoms with E-state index < -0.39 is 33.0 Å². The Hall–Kier alpha value is -2.58. The molecule has 0 saturated heterocycles. The molecule has 1 heterocycles. The molecule has 0 spiro atoms. The standard InChI is InChI=1S/C19H17F2NO4S/c1-10-4-5-12(6-11(10)2)18-17(16(9-23)26-22-18)13-7-14(20)19(15(21)8-13)27(3,24)25/h4-8,23H,9H2,1-3H3. The number of aliphatic hydroxyl groups is 1. The molecule has 0 fully saturated rings. The number of hydrogen-bond acceptors (Lipinski definition) is 5. The molecule has 0 saturated carbocycles. The van der Waals surface area contributed by atoms with Crippen molar-refractivity contribution in [3.63, 3.8) is 0 Å². The Morgan fingerprint density at radius 2 is 1.67 bits per heavy atom. The van der Waals surface area contributed by atoms with Crippen LogP contribution in [0.4, 0.5) is 8.78 Å². The monoisotopic (exact) mass is 393 g/mol. The number of aliphatic hydroxyl groups excluding tert-OH is 1. The molecule has 142 valence electrons. The van der Waals surface area contributed by atoms with Gasteiger partial charge in [-0.25, -0.2) is 17.2 Å². The Morgan fingerprint density at radius 3 is 2.19 bits per heavy atom. The lowest BCUT2D eigenvalue weighted by atomic mass is 9.97. The second kappa shape index (κ2) is 6.86. The minimum absolute atomic E-state index is 0.0223. The first-order chi connectivity index (χ1) is 12.6. The van der Waals surface area contributed by atoms with E-state index in [1.807, 2.05) is 26.0 Å². The SMILES string of the molecule is Cc1ccc(-c2noc(CO)c2-c2cc(F)c(S(C)(=O)=O)c(F)c2)cc1C. The first-order valence-corrected chi connectivity index (χ1v) is 9.89. The minimum atomic E-state index is -4.08. The van der Waals surface area contributed by atoms with Gasteiger partial charge in [0.25, 0.3) is 0 Å². The molecule has 0 atom stereocenters.